The summed E-state index contributed by atoms with van der Waals surface area (Å²) in [7, 11) is 0. The summed E-state index contributed by atoms with van der Waals surface area (Å²) in [6.07, 6.45) is 0. The van der Waals surface area contributed by atoms with E-state index in [0.717, 1.165) is 11.1 Å². The number of ether oxygens (including phenoxy) is 1. The van der Waals surface area contributed by atoms with E-state index in [-0.39, 0.29) is 13.2 Å². The standard InChI is InChI=1S/C19H20ClN3O4/c1-12-4-3-5-13(2)18(12)27-11-17(25)23-22-16(24)10-21-19(26)14-6-8-15(20)9-7-14/h3-9H,10-11H2,1-2H3,(H,21,26)(H,22,24)(H,23,25). The summed E-state index contributed by atoms with van der Waals surface area (Å²) in [5.41, 5.74) is 6.64. The van der Waals surface area contributed by atoms with Crippen LogP contribution in [0.2, 0.25) is 5.02 Å². The van der Waals surface area contributed by atoms with E-state index in [1.807, 2.05) is 32.0 Å². The molecule has 0 aliphatic heterocycles. The fraction of sp³-hybridized carbons (Fsp3) is 0.211. The maximum Gasteiger partial charge on any atom is 0.276 e. The Balaban J connectivity index is 1.71. The van der Waals surface area contributed by atoms with E-state index < -0.39 is 17.7 Å². The third-order valence-electron chi connectivity index (χ3n) is 3.61. The van der Waals surface area contributed by atoms with Crippen LogP contribution in [0.15, 0.2) is 42.5 Å². The summed E-state index contributed by atoms with van der Waals surface area (Å²) in [6.45, 7) is 3.22. The molecule has 2 aromatic rings. The number of carbonyl (C=O) groups is 3. The van der Waals surface area contributed by atoms with Crippen LogP contribution in [-0.4, -0.2) is 30.9 Å². The highest BCUT2D eigenvalue weighted by Crippen LogP contribution is 2.21. The first-order chi connectivity index (χ1) is 12.9. The summed E-state index contributed by atoms with van der Waals surface area (Å²) in [5.74, 6) is -0.881. The molecule has 0 radical (unpaired) electrons. The van der Waals surface area contributed by atoms with Gasteiger partial charge in [0.1, 0.15) is 5.75 Å². The normalized spacial score (nSPS) is 10.0. The van der Waals surface area contributed by atoms with Crippen LogP contribution in [0.3, 0.4) is 0 Å². The van der Waals surface area contributed by atoms with E-state index >= 15 is 0 Å². The molecular formula is C19H20ClN3O4. The average Bonchev–Trinajstić information content (AvgIpc) is 2.64. The van der Waals surface area contributed by atoms with Gasteiger partial charge in [0.15, 0.2) is 6.61 Å². The molecule has 0 fully saturated rings. The second-order valence-electron chi connectivity index (χ2n) is 5.80. The van der Waals surface area contributed by atoms with E-state index in [0.29, 0.717) is 16.3 Å². The first-order valence-electron chi connectivity index (χ1n) is 8.17. The van der Waals surface area contributed by atoms with Crippen molar-refractivity contribution in [2.24, 2.45) is 0 Å². The Morgan fingerprint density at radius 2 is 1.52 bits per heavy atom. The van der Waals surface area contributed by atoms with Gasteiger partial charge in [0.05, 0.1) is 6.54 Å². The van der Waals surface area contributed by atoms with Crippen molar-refractivity contribution in [1.82, 2.24) is 16.2 Å². The van der Waals surface area contributed by atoms with Crippen molar-refractivity contribution < 1.29 is 19.1 Å². The zero-order chi connectivity index (χ0) is 19.8. The van der Waals surface area contributed by atoms with Gasteiger partial charge < -0.3 is 10.1 Å². The number of rotatable bonds is 6. The van der Waals surface area contributed by atoms with Crippen LogP contribution < -0.4 is 20.9 Å². The topological polar surface area (TPSA) is 96.5 Å². The summed E-state index contributed by atoms with van der Waals surface area (Å²) >= 11 is 5.75. The van der Waals surface area contributed by atoms with E-state index in [9.17, 15) is 14.4 Å². The Hall–Kier alpha value is -3.06. The number of hydrogen-bond acceptors (Lipinski definition) is 4. The Morgan fingerprint density at radius 3 is 2.15 bits per heavy atom. The molecule has 0 unspecified atom stereocenters. The number of hydrogen-bond donors (Lipinski definition) is 3. The van der Waals surface area contributed by atoms with Gasteiger partial charge in [0.2, 0.25) is 0 Å². The van der Waals surface area contributed by atoms with E-state index in [1.165, 1.54) is 0 Å². The molecule has 8 heteroatoms. The minimum atomic E-state index is -0.572. The number of para-hydroxylation sites is 1. The van der Waals surface area contributed by atoms with Crippen LogP contribution in [0, 0.1) is 13.8 Å². The van der Waals surface area contributed by atoms with Gasteiger partial charge >= 0.3 is 0 Å². The summed E-state index contributed by atoms with van der Waals surface area (Å²) < 4.78 is 5.48. The second-order valence-corrected chi connectivity index (χ2v) is 6.23. The average molecular weight is 390 g/mol. The van der Waals surface area contributed by atoms with Crippen LogP contribution in [0.1, 0.15) is 21.5 Å². The van der Waals surface area contributed by atoms with E-state index in [4.69, 9.17) is 16.3 Å². The molecule has 0 aliphatic rings. The number of aryl methyl sites for hydroxylation is 2. The number of benzene rings is 2. The first-order valence-corrected chi connectivity index (χ1v) is 8.55. The highest BCUT2D eigenvalue weighted by Gasteiger charge is 2.10. The van der Waals surface area contributed by atoms with Gasteiger partial charge in [-0.2, -0.15) is 0 Å². The molecule has 7 nitrogen and oxygen atoms in total. The predicted octanol–water partition coefficient (Wildman–Crippen LogP) is 1.91. The predicted molar refractivity (Wildman–Crippen MR) is 101 cm³/mol. The van der Waals surface area contributed by atoms with Crippen LogP contribution >= 0.6 is 11.6 Å². The summed E-state index contributed by atoms with van der Waals surface area (Å²) in [4.78, 5) is 35.4. The highest BCUT2D eigenvalue weighted by molar-refractivity contribution is 6.30. The molecule has 27 heavy (non-hydrogen) atoms. The largest absolute Gasteiger partial charge is 0.483 e. The van der Waals surface area contributed by atoms with Gasteiger partial charge in [-0.3, -0.25) is 25.2 Å². The molecule has 0 saturated carbocycles. The highest BCUT2D eigenvalue weighted by atomic mass is 35.5. The molecule has 142 valence electrons. The lowest BCUT2D eigenvalue weighted by Gasteiger charge is -2.12. The number of hydrazine groups is 1. The quantitative estimate of drug-likeness (QED) is 0.657. The Bertz CT molecular complexity index is 817. The Labute approximate surface area is 162 Å². The van der Waals surface area contributed by atoms with Crippen molar-refractivity contribution >= 4 is 29.3 Å². The van der Waals surface area contributed by atoms with Gasteiger partial charge in [0.25, 0.3) is 17.7 Å². The van der Waals surface area contributed by atoms with Crippen LogP contribution in [0.4, 0.5) is 0 Å². The number of carbonyl (C=O) groups excluding carboxylic acids is 3. The lowest BCUT2D eigenvalue weighted by molar-refractivity contribution is -0.129. The molecule has 0 spiro atoms. The SMILES string of the molecule is Cc1cccc(C)c1OCC(=O)NNC(=O)CNC(=O)c1ccc(Cl)cc1. The molecule has 3 amide bonds. The van der Waals surface area contributed by atoms with E-state index in [1.54, 1.807) is 24.3 Å². The number of nitrogens with one attached hydrogen (secondary N) is 3. The molecule has 0 bridgehead atoms. The van der Waals surface area contributed by atoms with Gasteiger partial charge in [-0.05, 0) is 49.2 Å². The van der Waals surface area contributed by atoms with Gasteiger partial charge in [-0.1, -0.05) is 29.8 Å². The summed E-state index contributed by atoms with van der Waals surface area (Å²) in [5, 5.41) is 2.95. The lowest BCUT2D eigenvalue weighted by atomic mass is 10.1. The maximum absolute atomic E-state index is 11.9. The van der Waals surface area contributed by atoms with Crippen molar-refractivity contribution in [3.05, 3.63) is 64.2 Å². The van der Waals surface area contributed by atoms with E-state index in [2.05, 4.69) is 16.2 Å². The number of amides is 3. The van der Waals surface area contributed by atoms with Gasteiger partial charge in [0, 0.05) is 10.6 Å². The molecule has 0 saturated heterocycles. The van der Waals surface area contributed by atoms with Crippen molar-refractivity contribution in [3.8, 4) is 5.75 Å². The Kier molecular flexibility index (Phi) is 7.19. The number of halogens is 1. The zero-order valence-corrected chi connectivity index (χ0v) is 15.7. The van der Waals surface area contributed by atoms with Crippen LogP contribution in [-0.2, 0) is 9.59 Å². The molecule has 0 aliphatic carbocycles. The van der Waals surface area contributed by atoms with Crippen molar-refractivity contribution in [2.45, 2.75) is 13.8 Å². The third-order valence-corrected chi connectivity index (χ3v) is 3.87. The molecule has 0 aromatic heterocycles. The van der Waals surface area contributed by atoms with Crippen molar-refractivity contribution in [3.63, 3.8) is 0 Å². The smallest absolute Gasteiger partial charge is 0.276 e. The second kappa shape index (κ2) is 9.59. The Morgan fingerprint density at radius 1 is 0.926 bits per heavy atom. The van der Waals surface area contributed by atoms with Gasteiger partial charge in [-0.15, -0.1) is 0 Å². The monoisotopic (exact) mass is 389 g/mol. The molecule has 2 rings (SSSR count). The molecule has 3 N–H and O–H groups in total. The van der Waals surface area contributed by atoms with Crippen LogP contribution in [0.5, 0.6) is 5.75 Å². The molecule has 0 atom stereocenters. The van der Waals surface area contributed by atoms with Gasteiger partial charge in [-0.25, -0.2) is 0 Å². The fourth-order valence-corrected chi connectivity index (χ4v) is 2.37. The molecule has 0 heterocycles. The van der Waals surface area contributed by atoms with Crippen molar-refractivity contribution in [2.75, 3.05) is 13.2 Å². The molecule has 2 aromatic carbocycles. The lowest BCUT2D eigenvalue weighted by Crippen LogP contribution is -2.47. The van der Waals surface area contributed by atoms with Crippen molar-refractivity contribution in [1.29, 1.82) is 0 Å². The first kappa shape index (κ1) is 20.3. The summed E-state index contributed by atoms with van der Waals surface area (Å²) in [6, 6.07) is 11.9. The third kappa shape index (κ3) is 6.31. The van der Waals surface area contributed by atoms with Crippen LogP contribution in [0.25, 0.3) is 0 Å². The minimum Gasteiger partial charge on any atom is -0.483 e. The minimum absolute atomic E-state index is 0.247. The fourth-order valence-electron chi connectivity index (χ4n) is 2.25. The molecular weight excluding hydrogens is 370 g/mol. The zero-order valence-electron chi connectivity index (χ0n) is 15.0. The maximum atomic E-state index is 11.9.